The molecule has 126 valence electrons. The summed E-state index contributed by atoms with van der Waals surface area (Å²) in [6.07, 6.45) is 6.43. The maximum atomic E-state index is 12.4. The Morgan fingerprint density at radius 1 is 1.25 bits per heavy atom. The van der Waals surface area contributed by atoms with Gasteiger partial charge in [-0.25, -0.2) is 4.68 Å². The maximum absolute atomic E-state index is 12.4. The summed E-state index contributed by atoms with van der Waals surface area (Å²) in [7, 11) is 0. The average Bonchev–Trinajstić information content (AvgIpc) is 3.09. The van der Waals surface area contributed by atoms with Gasteiger partial charge in [-0.1, -0.05) is 18.2 Å². The van der Waals surface area contributed by atoms with Crippen molar-refractivity contribution in [3.05, 3.63) is 48.3 Å². The zero-order chi connectivity index (χ0) is 16.9. The van der Waals surface area contributed by atoms with E-state index in [1.54, 1.807) is 11.1 Å². The van der Waals surface area contributed by atoms with E-state index in [0.717, 1.165) is 24.1 Å². The van der Waals surface area contributed by atoms with E-state index < -0.39 is 0 Å². The van der Waals surface area contributed by atoms with Gasteiger partial charge in [-0.2, -0.15) is 5.10 Å². The number of hydrogen-bond donors (Lipinski definition) is 1. The van der Waals surface area contributed by atoms with Crippen molar-refractivity contribution in [3.63, 3.8) is 0 Å². The third-order valence-corrected chi connectivity index (χ3v) is 4.46. The van der Waals surface area contributed by atoms with E-state index in [2.05, 4.69) is 5.10 Å². The molecule has 0 spiro atoms. The van der Waals surface area contributed by atoms with Crippen LogP contribution in [0, 0.1) is 5.92 Å². The average molecular weight is 326 g/mol. The highest BCUT2D eigenvalue weighted by atomic mass is 16.2. The molecule has 1 unspecified atom stereocenters. The zero-order valence-corrected chi connectivity index (χ0v) is 13.6. The van der Waals surface area contributed by atoms with Gasteiger partial charge in [0.2, 0.25) is 11.8 Å². The van der Waals surface area contributed by atoms with E-state index in [0.29, 0.717) is 25.9 Å². The smallest absolute Gasteiger partial charge is 0.222 e. The fraction of sp³-hybridized carbons (Fsp3) is 0.389. The van der Waals surface area contributed by atoms with Crippen LogP contribution in [0.5, 0.6) is 0 Å². The van der Waals surface area contributed by atoms with Crippen molar-refractivity contribution in [2.24, 2.45) is 11.7 Å². The van der Waals surface area contributed by atoms with Crippen LogP contribution in [-0.2, 0) is 16.0 Å². The second kappa shape index (κ2) is 7.29. The normalized spacial score (nSPS) is 17.7. The van der Waals surface area contributed by atoms with E-state index in [9.17, 15) is 9.59 Å². The molecule has 6 heteroatoms. The largest absolute Gasteiger partial charge is 0.369 e. The summed E-state index contributed by atoms with van der Waals surface area (Å²) in [6.45, 7) is 1.17. The van der Waals surface area contributed by atoms with Crippen molar-refractivity contribution in [2.75, 3.05) is 13.1 Å². The Hall–Kier alpha value is -2.63. The van der Waals surface area contributed by atoms with Crippen LogP contribution in [0.25, 0.3) is 5.69 Å². The number of benzene rings is 1. The molecule has 0 saturated carbocycles. The summed E-state index contributed by atoms with van der Waals surface area (Å²) in [5, 5.41) is 4.34. The first-order valence-electron chi connectivity index (χ1n) is 8.29. The lowest BCUT2D eigenvalue weighted by molar-refractivity contribution is -0.134. The van der Waals surface area contributed by atoms with Gasteiger partial charge in [0.25, 0.3) is 0 Å². The maximum Gasteiger partial charge on any atom is 0.222 e. The first kappa shape index (κ1) is 16.2. The van der Waals surface area contributed by atoms with Crippen molar-refractivity contribution in [2.45, 2.75) is 25.7 Å². The first-order chi connectivity index (χ1) is 11.6. The number of amides is 2. The Morgan fingerprint density at radius 3 is 2.79 bits per heavy atom. The minimum absolute atomic E-state index is 0.0772. The zero-order valence-electron chi connectivity index (χ0n) is 13.6. The van der Waals surface area contributed by atoms with E-state index in [-0.39, 0.29) is 17.7 Å². The lowest BCUT2D eigenvalue weighted by atomic mass is 9.97. The molecule has 6 nitrogen and oxygen atoms in total. The third kappa shape index (κ3) is 3.82. The molecule has 2 N–H and O–H groups in total. The Balaban J connectivity index is 1.55. The van der Waals surface area contributed by atoms with Crippen LogP contribution in [0.3, 0.4) is 0 Å². The number of hydrogen-bond acceptors (Lipinski definition) is 3. The van der Waals surface area contributed by atoms with Gasteiger partial charge >= 0.3 is 0 Å². The summed E-state index contributed by atoms with van der Waals surface area (Å²) < 4.78 is 1.81. The van der Waals surface area contributed by atoms with Gasteiger partial charge < -0.3 is 10.6 Å². The molecule has 3 rings (SSSR count). The van der Waals surface area contributed by atoms with Crippen molar-refractivity contribution in [1.29, 1.82) is 0 Å². The highest BCUT2D eigenvalue weighted by molar-refractivity contribution is 5.80. The Kier molecular flexibility index (Phi) is 4.93. The number of carbonyl (C=O) groups is 2. The molecule has 2 heterocycles. The SMILES string of the molecule is NC(=O)C1CCCN(C(=O)CCc2cnn(-c3ccccc3)c2)C1. The van der Waals surface area contributed by atoms with Crippen LogP contribution in [0.4, 0.5) is 0 Å². The minimum Gasteiger partial charge on any atom is -0.369 e. The van der Waals surface area contributed by atoms with Gasteiger partial charge in [0.1, 0.15) is 0 Å². The molecular formula is C18H22N4O2. The van der Waals surface area contributed by atoms with Crippen LogP contribution < -0.4 is 5.73 Å². The number of likely N-dealkylation sites (tertiary alicyclic amines) is 1. The molecule has 0 aliphatic carbocycles. The number of para-hydroxylation sites is 1. The molecule has 24 heavy (non-hydrogen) atoms. The fourth-order valence-corrected chi connectivity index (χ4v) is 3.06. The predicted octanol–water partition coefficient (Wildman–Crippen LogP) is 1.53. The number of aryl methyl sites for hydroxylation is 1. The van der Waals surface area contributed by atoms with Crippen LogP contribution >= 0.6 is 0 Å². The molecule has 1 aromatic carbocycles. The van der Waals surface area contributed by atoms with Crippen molar-refractivity contribution in [1.82, 2.24) is 14.7 Å². The highest BCUT2D eigenvalue weighted by Gasteiger charge is 2.26. The van der Waals surface area contributed by atoms with Gasteiger partial charge in [0.15, 0.2) is 0 Å². The quantitative estimate of drug-likeness (QED) is 0.904. The summed E-state index contributed by atoms with van der Waals surface area (Å²) >= 11 is 0. The summed E-state index contributed by atoms with van der Waals surface area (Å²) in [5.74, 6) is -0.437. The number of piperidine rings is 1. The molecule has 2 amide bonds. The van der Waals surface area contributed by atoms with Gasteiger partial charge in [-0.15, -0.1) is 0 Å². The molecule has 2 aromatic rings. The van der Waals surface area contributed by atoms with Crippen LogP contribution in [0.2, 0.25) is 0 Å². The Bertz CT molecular complexity index is 711. The van der Waals surface area contributed by atoms with E-state index >= 15 is 0 Å². The lowest BCUT2D eigenvalue weighted by Crippen LogP contribution is -2.44. The van der Waals surface area contributed by atoms with Crippen LogP contribution in [0.1, 0.15) is 24.8 Å². The van der Waals surface area contributed by atoms with E-state index in [1.165, 1.54) is 0 Å². The molecule has 1 saturated heterocycles. The molecule has 1 fully saturated rings. The Morgan fingerprint density at radius 2 is 2.04 bits per heavy atom. The summed E-state index contributed by atoms with van der Waals surface area (Å²) in [5.41, 5.74) is 7.38. The highest BCUT2D eigenvalue weighted by Crippen LogP contribution is 2.17. The standard InChI is InChI=1S/C18H22N4O2/c19-18(24)15-5-4-10-21(13-15)17(23)9-8-14-11-20-22(12-14)16-6-2-1-3-7-16/h1-3,6-7,11-12,15H,4-5,8-10,13H2,(H2,19,24). The van der Waals surface area contributed by atoms with Crippen LogP contribution in [-0.4, -0.2) is 39.6 Å². The lowest BCUT2D eigenvalue weighted by Gasteiger charge is -2.31. The van der Waals surface area contributed by atoms with Crippen molar-refractivity contribution in [3.8, 4) is 5.69 Å². The minimum atomic E-state index is -0.309. The first-order valence-corrected chi connectivity index (χ1v) is 8.29. The molecular weight excluding hydrogens is 304 g/mol. The number of rotatable bonds is 5. The molecule has 1 aromatic heterocycles. The second-order valence-electron chi connectivity index (χ2n) is 6.21. The number of nitrogens with two attached hydrogens (primary N) is 1. The molecule has 0 bridgehead atoms. The third-order valence-electron chi connectivity index (χ3n) is 4.46. The van der Waals surface area contributed by atoms with E-state index in [1.807, 2.05) is 41.2 Å². The molecule has 1 aliphatic rings. The predicted molar refractivity (Wildman–Crippen MR) is 90.4 cm³/mol. The summed E-state index contributed by atoms with van der Waals surface area (Å²) in [4.78, 5) is 25.4. The molecule has 1 aliphatic heterocycles. The molecule has 0 radical (unpaired) electrons. The van der Waals surface area contributed by atoms with Gasteiger partial charge in [-0.05, 0) is 37.0 Å². The molecule has 1 atom stereocenters. The van der Waals surface area contributed by atoms with Gasteiger partial charge in [-0.3, -0.25) is 9.59 Å². The summed E-state index contributed by atoms with van der Waals surface area (Å²) in [6, 6.07) is 9.86. The van der Waals surface area contributed by atoms with Gasteiger partial charge in [0.05, 0.1) is 17.8 Å². The topological polar surface area (TPSA) is 81.2 Å². The Labute approximate surface area is 141 Å². The van der Waals surface area contributed by atoms with Gasteiger partial charge in [0, 0.05) is 25.7 Å². The van der Waals surface area contributed by atoms with Crippen LogP contribution in [0.15, 0.2) is 42.7 Å². The van der Waals surface area contributed by atoms with E-state index in [4.69, 9.17) is 5.73 Å². The monoisotopic (exact) mass is 326 g/mol. The fourth-order valence-electron chi connectivity index (χ4n) is 3.06. The number of aromatic nitrogens is 2. The van der Waals surface area contributed by atoms with Crippen molar-refractivity contribution < 1.29 is 9.59 Å². The number of primary amides is 1. The van der Waals surface area contributed by atoms with Crippen molar-refractivity contribution >= 4 is 11.8 Å². The second-order valence-corrected chi connectivity index (χ2v) is 6.21. The number of carbonyl (C=O) groups excluding carboxylic acids is 2. The number of nitrogens with zero attached hydrogens (tertiary/aromatic N) is 3.